The molecule has 0 bridgehead atoms. The van der Waals surface area contributed by atoms with Crippen LogP contribution in [0.15, 0.2) is 48.4 Å². The Kier molecular flexibility index (Phi) is 5.52. The smallest absolute Gasteiger partial charge is 0.257 e. The second-order valence-corrected chi connectivity index (χ2v) is 7.92. The van der Waals surface area contributed by atoms with Gasteiger partial charge in [0.05, 0.1) is 24.2 Å². The molecule has 7 nitrogen and oxygen atoms in total. The zero-order chi connectivity index (χ0) is 19.5. The van der Waals surface area contributed by atoms with E-state index in [1.807, 2.05) is 28.3 Å². The van der Waals surface area contributed by atoms with Crippen LogP contribution in [0.1, 0.15) is 29.9 Å². The first-order valence-corrected chi connectivity index (χ1v) is 10.2. The Bertz CT molecular complexity index is 912. The van der Waals surface area contributed by atoms with Crippen molar-refractivity contribution in [3.63, 3.8) is 0 Å². The van der Waals surface area contributed by atoms with Crippen LogP contribution in [0, 0.1) is 0 Å². The maximum Gasteiger partial charge on any atom is 0.257 e. The molecule has 2 aromatic heterocycles. The Labute approximate surface area is 168 Å². The molecule has 0 spiro atoms. The van der Waals surface area contributed by atoms with Crippen LogP contribution < -0.4 is 5.32 Å². The number of amides is 1. The number of morpholine rings is 1. The summed E-state index contributed by atoms with van der Waals surface area (Å²) in [5.74, 6) is -0.160. The molecule has 0 unspecified atom stereocenters. The minimum Gasteiger partial charge on any atom is -0.373 e. The lowest BCUT2D eigenvalue weighted by molar-refractivity contribution is -0.0707. The standard InChI is InChI=1S/C20H23N5O2S/c1-14-9-24(10-15(2)27-14)11-17-12-28-20(22-17)23-19(26)16-3-5-18(6-4-16)25-8-7-21-13-25/h3-8,12-15H,9-11H2,1-2H3,(H,22,23,26)/t14-,15+. The molecule has 0 radical (unpaired) electrons. The molecule has 8 heteroatoms. The van der Waals surface area contributed by atoms with E-state index in [-0.39, 0.29) is 18.1 Å². The molecule has 1 N–H and O–H groups in total. The molecule has 1 aliphatic rings. The summed E-state index contributed by atoms with van der Waals surface area (Å²) in [6.45, 7) is 6.74. The Morgan fingerprint density at radius 1 is 1.25 bits per heavy atom. The van der Waals surface area contributed by atoms with Gasteiger partial charge in [0, 0.05) is 48.7 Å². The molecule has 28 heavy (non-hydrogen) atoms. The third kappa shape index (κ3) is 4.46. The zero-order valence-electron chi connectivity index (χ0n) is 15.9. The average Bonchev–Trinajstić information content (AvgIpc) is 3.33. The van der Waals surface area contributed by atoms with E-state index in [1.54, 1.807) is 24.7 Å². The first-order valence-electron chi connectivity index (χ1n) is 9.29. The molecule has 146 valence electrons. The molecule has 1 aromatic carbocycles. The number of imidazole rings is 1. The maximum atomic E-state index is 12.5. The fourth-order valence-corrected chi connectivity index (χ4v) is 4.14. The fourth-order valence-electron chi connectivity index (χ4n) is 3.45. The van der Waals surface area contributed by atoms with Crippen molar-refractivity contribution in [2.75, 3.05) is 18.4 Å². The van der Waals surface area contributed by atoms with Crippen molar-refractivity contribution in [2.24, 2.45) is 0 Å². The highest BCUT2D eigenvalue weighted by Crippen LogP contribution is 2.20. The molecular formula is C20H23N5O2S. The van der Waals surface area contributed by atoms with Crippen LogP contribution in [-0.4, -0.2) is 50.6 Å². The highest BCUT2D eigenvalue weighted by molar-refractivity contribution is 7.13. The summed E-state index contributed by atoms with van der Waals surface area (Å²) >= 11 is 1.45. The molecule has 3 aromatic rings. The number of carbonyl (C=O) groups excluding carboxylic acids is 1. The molecule has 0 saturated carbocycles. The monoisotopic (exact) mass is 397 g/mol. The van der Waals surface area contributed by atoms with Crippen LogP contribution >= 0.6 is 11.3 Å². The Hall–Kier alpha value is -2.55. The van der Waals surface area contributed by atoms with Crippen LogP contribution in [0.25, 0.3) is 5.69 Å². The van der Waals surface area contributed by atoms with Gasteiger partial charge in [0.2, 0.25) is 0 Å². The second kappa shape index (κ2) is 8.22. The molecule has 3 heterocycles. The van der Waals surface area contributed by atoms with Gasteiger partial charge in [-0.2, -0.15) is 0 Å². The second-order valence-electron chi connectivity index (χ2n) is 7.07. The number of thiazole rings is 1. The van der Waals surface area contributed by atoms with Crippen molar-refractivity contribution >= 4 is 22.4 Å². The number of anilines is 1. The maximum absolute atomic E-state index is 12.5. The lowest BCUT2D eigenvalue weighted by atomic mass is 10.2. The molecule has 1 amide bonds. The predicted octanol–water partition coefficient (Wildman–Crippen LogP) is 3.19. The van der Waals surface area contributed by atoms with E-state index in [1.165, 1.54) is 11.3 Å². The van der Waals surface area contributed by atoms with Gasteiger partial charge in [-0.3, -0.25) is 15.0 Å². The van der Waals surface area contributed by atoms with Gasteiger partial charge in [0.1, 0.15) is 0 Å². The first-order chi connectivity index (χ1) is 13.6. The molecular weight excluding hydrogens is 374 g/mol. The molecule has 1 fully saturated rings. The number of hydrogen-bond donors (Lipinski definition) is 1. The van der Waals surface area contributed by atoms with Crippen LogP contribution in [0.2, 0.25) is 0 Å². The fraction of sp³-hybridized carbons (Fsp3) is 0.350. The zero-order valence-corrected chi connectivity index (χ0v) is 16.7. The van der Waals surface area contributed by atoms with Crippen molar-refractivity contribution in [2.45, 2.75) is 32.6 Å². The van der Waals surface area contributed by atoms with E-state index >= 15 is 0 Å². The van der Waals surface area contributed by atoms with Gasteiger partial charge in [-0.05, 0) is 38.1 Å². The van der Waals surface area contributed by atoms with Crippen LogP contribution in [0.5, 0.6) is 0 Å². The van der Waals surface area contributed by atoms with Gasteiger partial charge in [-0.1, -0.05) is 0 Å². The first kappa shape index (κ1) is 18.8. The van der Waals surface area contributed by atoms with Crippen molar-refractivity contribution in [1.29, 1.82) is 0 Å². The van der Waals surface area contributed by atoms with Crippen LogP contribution in [0.4, 0.5) is 5.13 Å². The number of nitrogens with one attached hydrogen (secondary N) is 1. The van der Waals surface area contributed by atoms with E-state index in [0.717, 1.165) is 31.0 Å². The van der Waals surface area contributed by atoms with Gasteiger partial charge >= 0.3 is 0 Å². The summed E-state index contributed by atoms with van der Waals surface area (Å²) in [5, 5.41) is 5.51. The number of aromatic nitrogens is 3. The van der Waals surface area contributed by atoms with Gasteiger partial charge in [0.15, 0.2) is 5.13 Å². The molecule has 0 aliphatic carbocycles. The van der Waals surface area contributed by atoms with E-state index in [4.69, 9.17) is 4.74 Å². The van der Waals surface area contributed by atoms with Gasteiger partial charge in [-0.15, -0.1) is 11.3 Å². The van der Waals surface area contributed by atoms with Crippen LogP contribution in [0.3, 0.4) is 0 Å². The third-order valence-corrected chi connectivity index (χ3v) is 5.39. The highest BCUT2D eigenvalue weighted by atomic mass is 32.1. The minimum atomic E-state index is -0.160. The molecule has 2 atom stereocenters. The van der Waals surface area contributed by atoms with Gasteiger partial charge < -0.3 is 9.30 Å². The number of benzene rings is 1. The third-order valence-electron chi connectivity index (χ3n) is 4.59. The Balaban J connectivity index is 1.36. The lowest BCUT2D eigenvalue weighted by Crippen LogP contribution is -2.44. The van der Waals surface area contributed by atoms with Crippen molar-refractivity contribution < 1.29 is 9.53 Å². The SMILES string of the molecule is C[C@@H]1CN(Cc2csc(NC(=O)c3ccc(-n4ccnc4)cc3)n2)C[C@H](C)O1. The van der Waals surface area contributed by atoms with Gasteiger partial charge in [-0.25, -0.2) is 9.97 Å². The number of carbonyl (C=O) groups is 1. The summed E-state index contributed by atoms with van der Waals surface area (Å²) in [6, 6.07) is 7.39. The van der Waals surface area contributed by atoms with E-state index < -0.39 is 0 Å². The number of nitrogens with zero attached hydrogens (tertiary/aromatic N) is 4. The molecule has 4 rings (SSSR count). The Morgan fingerprint density at radius 2 is 2.00 bits per heavy atom. The normalized spacial score (nSPS) is 20.2. The highest BCUT2D eigenvalue weighted by Gasteiger charge is 2.22. The van der Waals surface area contributed by atoms with E-state index in [2.05, 4.69) is 34.0 Å². The van der Waals surface area contributed by atoms with Crippen LogP contribution in [-0.2, 0) is 11.3 Å². The quantitative estimate of drug-likeness (QED) is 0.716. The molecule has 1 aliphatic heterocycles. The average molecular weight is 398 g/mol. The topological polar surface area (TPSA) is 72.3 Å². The summed E-state index contributed by atoms with van der Waals surface area (Å²) in [6.07, 6.45) is 5.77. The molecule has 1 saturated heterocycles. The minimum absolute atomic E-state index is 0.160. The summed E-state index contributed by atoms with van der Waals surface area (Å²) in [7, 11) is 0. The number of hydrogen-bond acceptors (Lipinski definition) is 6. The van der Waals surface area contributed by atoms with E-state index in [0.29, 0.717) is 10.7 Å². The summed E-state index contributed by atoms with van der Waals surface area (Å²) in [4.78, 5) is 23.4. The van der Waals surface area contributed by atoms with E-state index in [9.17, 15) is 4.79 Å². The number of ether oxygens (including phenoxy) is 1. The van der Waals surface area contributed by atoms with Crippen molar-refractivity contribution in [1.82, 2.24) is 19.4 Å². The lowest BCUT2D eigenvalue weighted by Gasteiger charge is -2.34. The largest absolute Gasteiger partial charge is 0.373 e. The Morgan fingerprint density at radius 3 is 2.68 bits per heavy atom. The van der Waals surface area contributed by atoms with Gasteiger partial charge in [0.25, 0.3) is 5.91 Å². The summed E-state index contributed by atoms with van der Waals surface area (Å²) < 4.78 is 7.66. The van der Waals surface area contributed by atoms with Crippen molar-refractivity contribution in [3.05, 3.63) is 59.6 Å². The van der Waals surface area contributed by atoms with Crippen molar-refractivity contribution in [3.8, 4) is 5.69 Å². The number of rotatable bonds is 5. The predicted molar refractivity (Wildman–Crippen MR) is 109 cm³/mol. The summed E-state index contributed by atoms with van der Waals surface area (Å²) in [5.41, 5.74) is 2.52.